The molecule has 0 aliphatic rings. The molecule has 1 amide bonds. The van der Waals surface area contributed by atoms with E-state index >= 15 is 0 Å². The number of hydrogen-bond acceptors (Lipinski definition) is 6. The van der Waals surface area contributed by atoms with Crippen LogP contribution in [0, 0.1) is 6.92 Å². The third kappa shape index (κ3) is 4.59. The van der Waals surface area contributed by atoms with Crippen LogP contribution in [0.5, 0.6) is 0 Å². The van der Waals surface area contributed by atoms with Crippen molar-refractivity contribution in [3.05, 3.63) is 28.9 Å². The molecule has 2 aromatic rings. The third-order valence-corrected chi connectivity index (χ3v) is 3.02. The smallest absolute Gasteiger partial charge is 0.407 e. The first-order chi connectivity index (χ1) is 10.7. The van der Waals surface area contributed by atoms with Crippen molar-refractivity contribution in [2.75, 3.05) is 5.73 Å². The van der Waals surface area contributed by atoms with Gasteiger partial charge >= 0.3 is 6.09 Å². The first-order valence-corrected chi connectivity index (χ1v) is 7.38. The number of hydrogen-bond donors (Lipinski definition) is 2. The van der Waals surface area contributed by atoms with E-state index in [1.165, 1.54) is 6.26 Å². The van der Waals surface area contributed by atoms with Crippen LogP contribution in [0.3, 0.4) is 0 Å². The lowest BCUT2D eigenvalue weighted by Crippen LogP contribution is -2.32. The van der Waals surface area contributed by atoms with E-state index in [1.54, 1.807) is 26.8 Å². The van der Waals surface area contributed by atoms with Gasteiger partial charge in [0.2, 0.25) is 0 Å². The van der Waals surface area contributed by atoms with Crippen LogP contribution in [-0.2, 0) is 11.3 Å². The Balaban J connectivity index is 2.18. The Kier molecular flexibility index (Phi) is 4.79. The van der Waals surface area contributed by atoms with Gasteiger partial charge in [0.1, 0.15) is 34.8 Å². The van der Waals surface area contributed by atoms with Crippen LogP contribution in [0.25, 0.3) is 11.3 Å². The number of halogens is 1. The zero-order valence-electron chi connectivity index (χ0n) is 13.4. The number of nitrogens with one attached hydrogen (secondary N) is 1. The molecular formula is C15H19ClN4O3. The molecule has 0 bridgehead atoms. The zero-order chi connectivity index (χ0) is 17.2. The lowest BCUT2D eigenvalue weighted by Gasteiger charge is -2.19. The number of nitrogens with zero attached hydrogens (tertiary/aromatic N) is 2. The highest BCUT2D eigenvalue weighted by Gasteiger charge is 2.18. The number of furan rings is 1. The average Bonchev–Trinajstić information content (AvgIpc) is 2.82. The highest BCUT2D eigenvalue weighted by atomic mass is 35.5. The molecule has 0 saturated carbocycles. The summed E-state index contributed by atoms with van der Waals surface area (Å²) in [6.07, 6.45) is 0.973. The summed E-state index contributed by atoms with van der Waals surface area (Å²) in [4.78, 5) is 20.1. The van der Waals surface area contributed by atoms with Crippen molar-refractivity contribution in [3.8, 4) is 11.3 Å². The molecule has 2 heterocycles. The molecule has 8 heteroatoms. The van der Waals surface area contributed by atoms with Gasteiger partial charge in [0, 0.05) is 5.56 Å². The maximum absolute atomic E-state index is 11.7. The molecule has 2 aromatic heterocycles. The molecule has 7 nitrogen and oxygen atoms in total. The van der Waals surface area contributed by atoms with Crippen LogP contribution >= 0.6 is 11.6 Å². The number of aromatic nitrogens is 2. The summed E-state index contributed by atoms with van der Waals surface area (Å²) in [5, 5.41) is 2.76. The largest absolute Gasteiger partial charge is 0.469 e. The number of carbonyl (C=O) groups excluding carboxylic acids is 1. The molecule has 0 unspecified atom stereocenters. The third-order valence-electron chi connectivity index (χ3n) is 2.76. The van der Waals surface area contributed by atoms with Crippen LogP contribution in [0.1, 0.15) is 32.2 Å². The normalized spacial score (nSPS) is 11.3. The summed E-state index contributed by atoms with van der Waals surface area (Å²) in [5.74, 6) is 0.873. The van der Waals surface area contributed by atoms with E-state index in [1.807, 2.05) is 6.92 Å². The molecule has 0 aromatic carbocycles. The van der Waals surface area contributed by atoms with Gasteiger partial charge in [0.25, 0.3) is 0 Å². The molecule has 0 aliphatic carbocycles. The lowest BCUT2D eigenvalue weighted by molar-refractivity contribution is 0.0523. The molecular weight excluding hydrogens is 320 g/mol. The van der Waals surface area contributed by atoms with E-state index in [2.05, 4.69) is 15.3 Å². The quantitative estimate of drug-likeness (QED) is 0.889. The van der Waals surface area contributed by atoms with Crippen molar-refractivity contribution in [2.24, 2.45) is 0 Å². The highest BCUT2D eigenvalue weighted by Crippen LogP contribution is 2.27. The molecule has 0 spiro atoms. The summed E-state index contributed by atoms with van der Waals surface area (Å²) in [5.41, 5.74) is 6.76. The van der Waals surface area contributed by atoms with Crippen LogP contribution < -0.4 is 11.1 Å². The standard InChI is InChI=1S/C15H19ClN4O3/c1-8-5-9(7-22-8)11-12(16)20-13(17)10(19-11)6-18-14(21)23-15(2,3)4/h5,7H,6H2,1-4H3,(H2,17,20)(H,18,21). The Hall–Kier alpha value is -2.28. The monoisotopic (exact) mass is 338 g/mol. The maximum Gasteiger partial charge on any atom is 0.407 e. The van der Waals surface area contributed by atoms with Crippen molar-refractivity contribution < 1.29 is 13.9 Å². The van der Waals surface area contributed by atoms with E-state index in [9.17, 15) is 4.79 Å². The molecule has 23 heavy (non-hydrogen) atoms. The SMILES string of the molecule is Cc1cc(-c2nc(CNC(=O)OC(C)(C)C)c(N)nc2Cl)co1. The van der Waals surface area contributed by atoms with Crippen molar-refractivity contribution in [2.45, 2.75) is 39.8 Å². The van der Waals surface area contributed by atoms with Gasteiger partial charge in [0.05, 0.1) is 6.54 Å². The van der Waals surface area contributed by atoms with E-state index < -0.39 is 11.7 Å². The Morgan fingerprint density at radius 3 is 2.70 bits per heavy atom. The minimum Gasteiger partial charge on any atom is -0.469 e. The molecule has 3 N–H and O–H groups in total. The fourth-order valence-corrected chi connectivity index (χ4v) is 2.06. The van der Waals surface area contributed by atoms with Crippen LogP contribution in [0.2, 0.25) is 5.15 Å². The van der Waals surface area contributed by atoms with Crippen molar-refractivity contribution in [3.63, 3.8) is 0 Å². The van der Waals surface area contributed by atoms with Crippen LogP contribution in [0.15, 0.2) is 16.7 Å². The number of carbonyl (C=O) groups is 1. The van der Waals surface area contributed by atoms with Gasteiger partial charge in [-0.3, -0.25) is 0 Å². The Bertz CT molecular complexity index is 722. The van der Waals surface area contributed by atoms with Gasteiger partial charge in [-0.25, -0.2) is 14.8 Å². The van der Waals surface area contributed by atoms with E-state index in [0.717, 1.165) is 5.76 Å². The predicted octanol–water partition coefficient (Wildman–Crippen LogP) is 3.31. The number of rotatable bonds is 3. The second kappa shape index (κ2) is 6.45. The van der Waals surface area contributed by atoms with E-state index in [4.69, 9.17) is 26.5 Å². The highest BCUT2D eigenvalue weighted by molar-refractivity contribution is 6.31. The van der Waals surface area contributed by atoms with Gasteiger partial charge < -0.3 is 20.2 Å². The number of amides is 1. The molecule has 0 aliphatic heterocycles. The second-order valence-corrected chi connectivity index (χ2v) is 6.35. The van der Waals surface area contributed by atoms with Gasteiger partial charge in [-0.2, -0.15) is 0 Å². The van der Waals surface area contributed by atoms with Gasteiger partial charge in [-0.15, -0.1) is 0 Å². The summed E-state index contributed by atoms with van der Waals surface area (Å²) < 4.78 is 10.4. The molecule has 0 saturated heterocycles. The topological polar surface area (TPSA) is 103 Å². The second-order valence-electron chi connectivity index (χ2n) is 6.00. The summed E-state index contributed by atoms with van der Waals surface area (Å²) in [6, 6.07) is 1.79. The number of nitrogen functional groups attached to an aromatic ring is 1. The fraction of sp³-hybridized carbons (Fsp3) is 0.400. The van der Waals surface area contributed by atoms with Crippen LogP contribution in [0.4, 0.5) is 10.6 Å². The predicted molar refractivity (Wildman–Crippen MR) is 87.0 cm³/mol. The van der Waals surface area contributed by atoms with Crippen molar-refractivity contribution in [1.82, 2.24) is 15.3 Å². The number of anilines is 1. The lowest BCUT2D eigenvalue weighted by atomic mass is 10.2. The maximum atomic E-state index is 11.7. The summed E-state index contributed by atoms with van der Waals surface area (Å²) in [7, 11) is 0. The Morgan fingerprint density at radius 2 is 2.13 bits per heavy atom. The molecule has 2 rings (SSSR count). The minimum atomic E-state index is -0.583. The summed E-state index contributed by atoms with van der Waals surface area (Å²) in [6.45, 7) is 7.23. The average molecular weight is 339 g/mol. The first-order valence-electron chi connectivity index (χ1n) is 7.00. The number of alkyl carbamates (subject to hydrolysis) is 1. The molecule has 124 valence electrons. The van der Waals surface area contributed by atoms with Gasteiger partial charge in [-0.1, -0.05) is 11.6 Å². The number of aryl methyl sites for hydroxylation is 1. The van der Waals surface area contributed by atoms with E-state index in [-0.39, 0.29) is 17.5 Å². The Morgan fingerprint density at radius 1 is 1.43 bits per heavy atom. The molecule has 0 fully saturated rings. The minimum absolute atomic E-state index is 0.0781. The van der Waals surface area contributed by atoms with E-state index in [0.29, 0.717) is 17.0 Å². The molecule has 0 radical (unpaired) electrons. The molecule has 0 atom stereocenters. The van der Waals surface area contributed by atoms with Crippen molar-refractivity contribution >= 4 is 23.5 Å². The fourth-order valence-electron chi connectivity index (χ4n) is 1.81. The number of nitrogens with two attached hydrogens (primary N) is 1. The number of ether oxygens (including phenoxy) is 1. The van der Waals surface area contributed by atoms with Crippen LogP contribution in [-0.4, -0.2) is 21.7 Å². The van der Waals surface area contributed by atoms with Gasteiger partial charge in [-0.05, 0) is 33.8 Å². The van der Waals surface area contributed by atoms with Crippen molar-refractivity contribution in [1.29, 1.82) is 0 Å². The zero-order valence-corrected chi connectivity index (χ0v) is 14.2. The Labute approximate surface area is 139 Å². The van der Waals surface area contributed by atoms with Gasteiger partial charge in [0.15, 0.2) is 5.15 Å². The first kappa shape index (κ1) is 17.1. The summed E-state index contributed by atoms with van der Waals surface area (Å²) >= 11 is 6.09.